The quantitative estimate of drug-likeness (QED) is 0.445. The summed E-state index contributed by atoms with van der Waals surface area (Å²) in [7, 11) is 0. The molecule has 0 aliphatic rings. The van der Waals surface area contributed by atoms with E-state index in [1.807, 2.05) is 54.6 Å². The molecule has 2 heterocycles. The third-order valence-corrected chi connectivity index (χ3v) is 5.49. The molecule has 7 heteroatoms. The SMILES string of the molecule is C=CCOc1ccc(/C=c2/sc3nc(-c4ccccc4Br)nn3c2=O)cc1. The van der Waals surface area contributed by atoms with E-state index in [1.165, 1.54) is 15.9 Å². The van der Waals surface area contributed by atoms with Crippen molar-refractivity contribution in [2.75, 3.05) is 6.61 Å². The zero-order valence-corrected chi connectivity index (χ0v) is 16.5. The van der Waals surface area contributed by atoms with Crippen LogP contribution in [0.3, 0.4) is 0 Å². The largest absolute Gasteiger partial charge is 0.490 e. The van der Waals surface area contributed by atoms with E-state index >= 15 is 0 Å². The van der Waals surface area contributed by atoms with Crippen molar-refractivity contribution in [3.8, 4) is 17.1 Å². The Morgan fingerprint density at radius 1 is 1.19 bits per heavy atom. The highest BCUT2D eigenvalue weighted by atomic mass is 79.9. The van der Waals surface area contributed by atoms with Gasteiger partial charge in [-0.25, -0.2) is 0 Å². The van der Waals surface area contributed by atoms with E-state index in [9.17, 15) is 4.79 Å². The van der Waals surface area contributed by atoms with E-state index in [4.69, 9.17) is 4.74 Å². The number of fused-ring (bicyclic) bond motifs is 1. The van der Waals surface area contributed by atoms with Crippen LogP contribution in [0, 0.1) is 0 Å². The highest BCUT2D eigenvalue weighted by Crippen LogP contribution is 2.25. The fraction of sp³-hybridized carbons (Fsp3) is 0.0500. The van der Waals surface area contributed by atoms with Gasteiger partial charge in [-0.05, 0) is 35.9 Å². The minimum Gasteiger partial charge on any atom is -0.490 e. The summed E-state index contributed by atoms with van der Waals surface area (Å²) in [4.78, 5) is 17.7. The van der Waals surface area contributed by atoms with Gasteiger partial charge in [0.2, 0.25) is 4.96 Å². The van der Waals surface area contributed by atoms with E-state index in [0.717, 1.165) is 21.3 Å². The molecule has 0 radical (unpaired) electrons. The van der Waals surface area contributed by atoms with Crippen LogP contribution < -0.4 is 14.8 Å². The zero-order valence-electron chi connectivity index (χ0n) is 14.1. The van der Waals surface area contributed by atoms with Crippen LogP contribution in [0.15, 0.2) is 70.5 Å². The van der Waals surface area contributed by atoms with Crippen molar-refractivity contribution < 1.29 is 4.74 Å². The van der Waals surface area contributed by atoms with Crippen molar-refractivity contribution in [3.05, 3.63) is 86.1 Å². The van der Waals surface area contributed by atoms with E-state index in [-0.39, 0.29) is 5.56 Å². The van der Waals surface area contributed by atoms with Crippen LogP contribution in [0.2, 0.25) is 0 Å². The summed E-state index contributed by atoms with van der Waals surface area (Å²) in [5.74, 6) is 1.29. The minimum atomic E-state index is -0.173. The molecule has 134 valence electrons. The predicted octanol–water partition coefficient (Wildman–Crippen LogP) is 3.69. The second kappa shape index (κ2) is 7.46. The van der Waals surface area contributed by atoms with E-state index in [2.05, 4.69) is 32.6 Å². The first kappa shape index (κ1) is 17.6. The molecule has 0 spiro atoms. The maximum atomic E-state index is 12.7. The molecule has 5 nitrogen and oxygen atoms in total. The van der Waals surface area contributed by atoms with E-state index in [1.54, 1.807) is 6.08 Å². The molecule has 0 fully saturated rings. The number of halogens is 1. The third kappa shape index (κ3) is 3.56. The molecule has 0 aliphatic carbocycles. The van der Waals surface area contributed by atoms with Crippen LogP contribution >= 0.6 is 27.3 Å². The number of aromatic nitrogens is 3. The summed E-state index contributed by atoms with van der Waals surface area (Å²) >= 11 is 4.81. The van der Waals surface area contributed by atoms with Crippen LogP contribution in [-0.4, -0.2) is 21.2 Å². The van der Waals surface area contributed by atoms with Gasteiger partial charge in [-0.3, -0.25) is 4.79 Å². The van der Waals surface area contributed by atoms with E-state index < -0.39 is 0 Å². The summed E-state index contributed by atoms with van der Waals surface area (Å²) in [6, 6.07) is 15.2. The lowest BCUT2D eigenvalue weighted by Crippen LogP contribution is -2.23. The number of nitrogens with zero attached hydrogens (tertiary/aromatic N) is 3. The maximum absolute atomic E-state index is 12.7. The topological polar surface area (TPSA) is 56.5 Å². The molecule has 4 rings (SSSR count). The van der Waals surface area contributed by atoms with Crippen LogP contribution in [0.5, 0.6) is 5.75 Å². The average molecular weight is 440 g/mol. The number of hydrogen-bond donors (Lipinski definition) is 0. The number of hydrogen-bond acceptors (Lipinski definition) is 5. The standard InChI is InChI=1S/C20H14BrN3O2S/c1-2-11-26-14-9-7-13(8-10-14)12-17-19(25)24-20(27-17)22-18(23-24)15-5-3-4-6-16(15)21/h2-10,12H,1,11H2/b17-12+. The lowest BCUT2D eigenvalue weighted by Gasteiger charge is -2.02. The summed E-state index contributed by atoms with van der Waals surface area (Å²) in [6.45, 7) is 4.08. The summed E-state index contributed by atoms with van der Waals surface area (Å²) in [5, 5.41) is 4.38. The van der Waals surface area contributed by atoms with Crippen molar-refractivity contribution >= 4 is 38.3 Å². The Hall–Kier alpha value is -2.77. The van der Waals surface area contributed by atoms with Crippen molar-refractivity contribution in [3.63, 3.8) is 0 Å². The molecule has 0 saturated heterocycles. The van der Waals surface area contributed by atoms with Crippen molar-refractivity contribution in [1.82, 2.24) is 14.6 Å². The van der Waals surface area contributed by atoms with Gasteiger partial charge in [-0.2, -0.15) is 9.50 Å². The highest BCUT2D eigenvalue weighted by Gasteiger charge is 2.13. The third-order valence-electron chi connectivity index (χ3n) is 3.84. The Labute approximate surface area is 167 Å². The summed E-state index contributed by atoms with van der Waals surface area (Å²) in [5.41, 5.74) is 1.59. The molecule has 2 aromatic heterocycles. The molecular weight excluding hydrogens is 426 g/mol. The lowest BCUT2D eigenvalue weighted by atomic mass is 10.2. The van der Waals surface area contributed by atoms with Crippen LogP contribution in [0.1, 0.15) is 5.56 Å². The Bertz CT molecular complexity index is 1230. The minimum absolute atomic E-state index is 0.173. The van der Waals surface area contributed by atoms with Gasteiger partial charge in [-0.15, -0.1) is 5.10 Å². The molecule has 0 aliphatic heterocycles. The average Bonchev–Trinajstić information content (AvgIpc) is 3.21. The molecule has 0 N–H and O–H groups in total. The first-order valence-corrected chi connectivity index (χ1v) is 9.76. The molecule has 0 atom stereocenters. The Balaban J connectivity index is 1.69. The first-order valence-electron chi connectivity index (χ1n) is 8.15. The smallest absolute Gasteiger partial charge is 0.291 e. The van der Waals surface area contributed by atoms with E-state index in [0.29, 0.717) is 21.9 Å². The number of thiazole rings is 1. The first-order chi connectivity index (χ1) is 13.2. The monoisotopic (exact) mass is 439 g/mol. The Morgan fingerprint density at radius 3 is 2.67 bits per heavy atom. The van der Waals surface area contributed by atoms with Crippen LogP contribution in [0.25, 0.3) is 22.4 Å². The Kier molecular flexibility index (Phi) is 4.87. The molecule has 27 heavy (non-hydrogen) atoms. The molecule has 2 aromatic carbocycles. The Morgan fingerprint density at radius 2 is 1.96 bits per heavy atom. The fourth-order valence-electron chi connectivity index (χ4n) is 2.56. The molecule has 4 aromatic rings. The van der Waals surface area contributed by atoms with Crippen LogP contribution in [0.4, 0.5) is 0 Å². The van der Waals surface area contributed by atoms with Gasteiger partial charge in [-0.1, -0.05) is 64.2 Å². The predicted molar refractivity (Wildman–Crippen MR) is 111 cm³/mol. The van der Waals surface area contributed by atoms with Crippen molar-refractivity contribution in [2.45, 2.75) is 0 Å². The number of rotatable bonds is 5. The van der Waals surface area contributed by atoms with Crippen molar-refractivity contribution in [2.24, 2.45) is 0 Å². The molecule has 0 amide bonds. The van der Waals surface area contributed by atoms with Gasteiger partial charge in [0, 0.05) is 10.0 Å². The van der Waals surface area contributed by atoms with Gasteiger partial charge in [0.1, 0.15) is 12.4 Å². The number of ether oxygens (including phenoxy) is 1. The fourth-order valence-corrected chi connectivity index (χ4v) is 3.93. The van der Waals surface area contributed by atoms with Crippen LogP contribution in [-0.2, 0) is 0 Å². The lowest BCUT2D eigenvalue weighted by molar-refractivity contribution is 0.363. The van der Waals surface area contributed by atoms with Gasteiger partial charge >= 0.3 is 0 Å². The van der Waals surface area contributed by atoms with Gasteiger partial charge in [0.15, 0.2) is 5.82 Å². The normalized spacial score (nSPS) is 11.8. The summed E-state index contributed by atoms with van der Waals surface area (Å²) in [6.07, 6.45) is 3.53. The van der Waals surface area contributed by atoms with Gasteiger partial charge in [0.05, 0.1) is 4.53 Å². The highest BCUT2D eigenvalue weighted by molar-refractivity contribution is 9.10. The molecule has 0 saturated carbocycles. The number of benzene rings is 2. The molecule has 0 bridgehead atoms. The second-order valence-electron chi connectivity index (χ2n) is 5.69. The van der Waals surface area contributed by atoms with Gasteiger partial charge < -0.3 is 4.74 Å². The molecule has 0 unspecified atom stereocenters. The molecular formula is C20H14BrN3O2S. The van der Waals surface area contributed by atoms with Gasteiger partial charge in [0.25, 0.3) is 5.56 Å². The van der Waals surface area contributed by atoms with Crippen molar-refractivity contribution in [1.29, 1.82) is 0 Å². The zero-order chi connectivity index (χ0) is 18.8. The maximum Gasteiger partial charge on any atom is 0.291 e. The second-order valence-corrected chi connectivity index (χ2v) is 7.56. The summed E-state index contributed by atoms with van der Waals surface area (Å²) < 4.78 is 8.30.